The zero-order valence-corrected chi connectivity index (χ0v) is 17.8. The maximum atomic E-state index is 14.0. The monoisotopic (exact) mass is 469 g/mol. The fraction of sp³-hybridized carbons (Fsp3) is 0.300. The molecular weight excluding hydrogens is 448 g/mol. The van der Waals surface area contributed by atoms with Crippen LogP contribution in [-0.4, -0.2) is 57.6 Å². The van der Waals surface area contributed by atoms with Gasteiger partial charge in [0.25, 0.3) is 0 Å². The van der Waals surface area contributed by atoms with Crippen LogP contribution in [0.5, 0.6) is 5.75 Å². The van der Waals surface area contributed by atoms with Crippen molar-refractivity contribution in [3.8, 4) is 5.75 Å². The highest BCUT2D eigenvalue weighted by Gasteiger charge is 2.38. The maximum absolute atomic E-state index is 14.0. The van der Waals surface area contributed by atoms with E-state index in [1.807, 2.05) is 0 Å². The number of methoxy groups -OCH3 is 1. The Labute approximate surface area is 183 Å². The fourth-order valence-corrected chi connectivity index (χ4v) is 4.60. The van der Waals surface area contributed by atoms with Crippen LogP contribution in [-0.2, 0) is 30.9 Å². The summed E-state index contributed by atoms with van der Waals surface area (Å²) < 4.78 is 64.1. The summed E-state index contributed by atoms with van der Waals surface area (Å²) in [6, 6.07) is 8.94. The van der Waals surface area contributed by atoms with E-state index in [0.29, 0.717) is 17.9 Å². The summed E-state index contributed by atoms with van der Waals surface area (Å²) in [5.74, 6) is -3.30. The Balaban J connectivity index is 1.57. The Hall–Kier alpha value is -3.09. The highest BCUT2D eigenvalue weighted by molar-refractivity contribution is 7.89. The van der Waals surface area contributed by atoms with E-state index in [1.54, 1.807) is 24.3 Å². The van der Waals surface area contributed by atoms with Gasteiger partial charge < -0.3 is 20.1 Å². The highest BCUT2D eigenvalue weighted by Crippen LogP contribution is 2.25. The molecule has 9 nitrogen and oxygen atoms in total. The lowest BCUT2D eigenvalue weighted by atomic mass is 10.2. The van der Waals surface area contributed by atoms with E-state index in [1.165, 1.54) is 7.11 Å². The molecule has 0 unspecified atom stereocenters. The predicted octanol–water partition coefficient (Wildman–Crippen LogP) is 0.753. The topological polar surface area (TPSA) is 114 Å². The minimum absolute atomic E-state index is 0.0135. The molecule has 0 spiro atoms. The molecule has 1 atom stereocenters. The maximum Gasteiger partial charge on any atom is 0.309 e. The number of sulfonamides is 1. The third-order valence-corrected chi connectivity index (χ3v) is 6.58. The van der Waals surface area contributed by atoms with Crippen molar-refractivity contribution in [1.29, 1.82) is 0 Å². The van der Waals surface area contributed by atoms with Gasteiger partial charge in [0, 0.05) is 13.1 Å². The number of benzene rings is 2. The van der Waals surface area contributed by atoms with Gasteiger partial charge in [-0.2, -0.15) is 4.31 Å². The summed E-state index contributed by atoms with van der Waals surface area (Å²) in [5.41, 5.74) is 0.737. The van der Waals surface area contributed by atoms with Gasteiger partial charge in [0.15, 0.2) is 0 Å². The number of hydrogen-bond donors (Lipinski definition) is 2. The van der Waals surface area contributed by atoms with Crippen LogP contribution in [0.25, 0.3) is 0 Å². The molecule has 1 saturated heterocycles. The molecule has 0 aliphatic carbocycles. The molecule has 0 bridgehead atoms. The van der Waals surface area contributed by atoms with Crippen LogP contribution in [0.1, 0.15) is 5.56 Å². The number of rotatable bonds is 7. The lowest BCUT2D eigenvalue weighted by Gasteiger charge is -2.23. The van der Waals surface area contributed by atoms with Gasteiger partial charge >= 0.3 is 11.8 Å². The third kappa shape index (κ3) is 5.39. The summed E-state index contributed by atoms with van der Waals surface area (Å²) in [6.45, 7) is -0.399. The second-order valence-corrected chi connectivity index (χ2v) is 8.62. The van der Waals surface area contributed by atoms with E-state index >= 15 is 0 Å². The van der Waals surface area contributed by atoms with E-state index in [9.17, 15) is 26.8 Å². The highest BCUT2D eigenvalue weighted by atomic mass is 32.2. The molecule has 0 aromatic heterocycles. The quantitative estimate of drug-likeness (QED) is 0.579. The number of nitrogens with one attached hydrogen (secondary N) is 2. The number of nitrogens with zero attached hydrogens (tertiary/aromatic N) is 1. The summed E-state index contributed by atoms with van der Waals surface area (Å²) in [6.07, 6.45) is -1.18. The molecule has 3 rings (SSSR count). The molecular formula is C20H21F2N3O6S. The summed E-state index contributed by atoms with van der Waals surface area (Å²) in [7, 11) is -2.91. The largest absolute Gasteiger partial charge is 0.497 e. The molecule has 2 N–H and O–H groups in total. The van der Waals surface area contributed by atoms with Crippen LogP contribution in [0, 0.1) is 11.6 Å². The van der Waals surface area contributed by atoms with Gasteiger partial charge in [-0.15, -0.1) is 0 Å². The number of halogens is 2. The van der Waals surface area contributed by atoms with Gasteiger partial charge in [-0.1, -0.05) is 12.1 Å². The molecule has 2 aromatic carbocycles. The minimum atomic E-state index is -4.43. The standard InChI is InChI=1S/C20H21F2N3O6S/c1-30-15-5-2-13(3-6-15)11-23-19(26)20(27)24-12-18-25(8-9-31-18)32(28,29)17-10-14(21)4-7-16(17)22/h2-7,10,18H,8-9,11-12H2,1H3,(H,23,26)(H,24,27)/t18-/m0/s1. The van der Waals surface area contributed by atoms with Crippen LogP contribution in [0.2, 0.25) is 0 Å². The first-order valence-electron chi connectivity index (χ1n) is 9.50. The zero-order chi connectivity index (χ0) is 23.3. The van der Waals surface area contributed by atoms with E-state index in [4.69, 9.17) is 9.47 Å². The molecule has 32 heavy (non-hydrogen) atoms. The molecule has 12 heteroatoms. The van der Waals surface area contributed by atoms with Crippen molar-refractivity contribution in [2.24, 2.45) is 0 Å². The van der Waals surface area contributed by atoms with Crippen LogP contribution < -0.4 is 15.4 Å². The summed E-state index contributed by atoms with van der Waals surface area (Å²) in [4.78, 5) is 23.2. The molecule has 1 aliphatic rings. The first-order valence-corrected chi connectivity index (χ1v) is 10.9. The lowest BCUT2D eigenvalue weighted by molar-refractivity contribution is -0.139. The van der Waals surface area contributed by atoms with Gasteiger partial charge in [0.2, 0.25) is 10.0 Å². The molecule has 2 amide bonds. The number of carbonyl (C=O) groups is 2. The summed E-state index contributed by atoms with van der Waals surface area (Å²) in [5, 5.41) is 4.73. The Bertz CT molecular complexity index is 1100. The van der Waals surface area contributed by atoms with E-state index in [0.717, 1.165) is 15.9 Å². The van der Waals surface area contributed by atoms with Crippen LogP contribution in [0.15, 0.2) is 47.4 Å². The van der Waals surface area contributed by atoms with Gasteiger partial charge in [-0.25, -0.2) is 17.2 Å². The second-order valence-electron chi connectivity index (χ2n) is 6.76. The molecule has 0 radical (unpaired) electrons. The predicted molar refractivity (Wildman–Crippen MR) is 108 cm³/mol. The first-order chi connectivity index (χ1) is 15.2. The minimum Gasteiger partial charge on any atom is -0.497 e. The Kier molecular flexibility index (Phi) is 7.38. The average molecular weight is 469 g/mol. The van der Waals surface area contributed by atoms with Gasteiger partial charge in [0.05, 0.1) is 20.3 Å². The second kappa shape index (κ2) is 10.0. The smallest absolute Gasteiger partial charge is 0.309 e. The van der Waals surface area contributed by atoms with E-state index in [2.05, 4.69) is 10.6 Å². The van der Waals surface area contributed by atoms with E-state index in [-0.39, 0.29) is 26.2 Å². The number of carbonyl (C=O) groups excluding carboxylic acids is 2. The van der Waals surface area contributed by atoms with Crippen LogP contribution in [0.3, 0.4) is 0 Å². The van der Waals surface area contributed by atoms with Crippen molar-refractivity contribution in [3.63, 3.8) is 0 Å². The van der Waals surface area contributed by atoms with Gasteiger partial charge in [-0.05, 0) is 35.9 Å². The number of amides is 2. The lowest BCUT2D eigenvalue weighted by Crippen LogP contribution is -2.47. The zero-order valence-electron chi connectivity index (χ0n) is 17.0. The van der Waals surface area contributed by atoms with E-state index < -0.39 is 44.6 Å². The average Bonchev–Trinajstić information content (AvgIpc) is 3.27. The van der Waals surface area contributed by atoms with Crippen molar-refractivity contribution in [2.75, 3.05) is 26.8 Å². The molecule has 0 saturated carbocycles. The summed E-state index contributed by atoms with van der Waals surface area (Å²) >= 11 is 0. The van der Waals surface area contributed by atoms with Crippen molar-refractivity contribution in [1.82, 2.24) is 14.9 Å². The van der Waals surface area contributed by atoms with Crippen molar-refractivity contribution in [3.05, 3.63) is 59.7 Å². The molecule has 1 aliphatic heterocycles. The molecule has 1 heterocycles. The molecule has 1 fully saturated rings. The van der Waals surface area contributed by atoms with Crippen molar-refractivity contribution >= 4 is 21.8 Å². The molecule has 2 aromatic rings. The number of ether oxygens (including phenoxy) is 2. The number of hydrogen-bond acceptors (Lipinski definition) is 6. The third-order valence-electron chi connectivity index (χ3n) is 4.68. The Morgan fingerprint density at radius 1 is 1.12 bits per heavy atom. The normalized spacial score (nSPS) is 16.5. The fourth-order valence-electron chi connectivity index (χ4n) is 3.01. The van der Waals surface area contributed by atoms with Crippen molar-refractivity contribution < 1.29 is 36.3 Å². The van der Waals surface area contributed by atoms with Gasteiger partial charge in [0.1, 0.15) is 28.5 Å². The first kappa shape index (κ1) is 23.6. The van der Waals surface area contributed by atoms with Crippen LogP contribution >= 0.6 is 0 Å². The van der Waals surface area contributed by atoms with Crippen molar-refractivity contribution in [2.45, 2.75) is 17.7 Å². The molecule has 172 valence electrons. The van der Waals surface area contributed by atoms with Gasteiger partial charge in [-0.3, -0.25) is 9.59 Å². The van der Waals surface area contributed by atoms with Crippen LogP contribution in [0.4, 0.5) is 8.78 Å². The Morgan fingerprint density at radius 3 is 2.50 bits per heavy atom. The Morgan fingerprint density at radius 2 is 1.81 bits per heavy atom. The SMILES string of the molecule is COc1ccc(CNC(=O)C(=O)NC[C@@H]2OCCN2S(=O)(=O)c2cc(F)ccc2F)cc1.